The molecule has 6 heteroatoms. The van der Waals surface area contributed by atoms with E-state index in [-0.39, 0.29) is 5.71 Å². The Balaban J connectivity index is 2.28. The van der Waals surface area contributed by atoms with Crippen LogP contribution >= 0.6 is 0 Å². The molecule has 6 nitrogen and oxygen atoms in total. The van der Waals surface area contributed by atoms with E-state index in [0.29, 0.717) is 19.6 Å². The van der Waals surface area contributed by atoms with Gasteiger partial charge in [-0.05, 0) is 87.8 Å². The van der Waals surface area contributed by atoms with Crippen LogP contribution in [0.5, 0.6) is 5.75 Å². The summed E-state index contributed by atoms with van der Waals surface area (Å²) in [7, 11) is 2.77. The second kappa shape index (κ2) is 11.7. The molecule has 31 heavy (non-hydrogen) atoms. The van der Waals surface area contributed by atoms with Crippen LogP contribution in [0.25, 0.3) is 0 Å². The van der Waals surface area contributed by atoms with E-state index in [4.69, 9.17) is 19.0 Å². The summed E-state index contributed by atoms with van der Waals surface area (Å²) < 4.78 is 16.7. The van der Waals surface area contributed by atoms with E-state index < -0.39 is 5.97 Å². The standard InChI is InChI=1S/C25H35NO5/c1-8-30-12-11-20-9-10-23(19(5)18(20)4)31-15-21-13-16(2)17(3)14-22(21)24(26-29-7)25(27)28-6/h9-10H,8,11-15H2,1-7H3. The first-order valence-corrected chi connectivity index (χ1v) is 10.7. The fourth-order valence-corrected chi connectivity index (χ4v) is 3.68. The minimum atomic E-state index is -0.507. The molecule has 0 N–H and O–H groups in total. The zero-order chi connectivity index (χ0) is 23.0. The van der Waals surface area contributed by atoms with Gasteiger partial charge in [0.2, 0.25) is 0 Å². The van der Waals surface area contributed by atoms with Gasteiger partial charge in [-0.15, -0.1) is 0 Å². The zero-order valence-electron chi connectivity index (χ0n) is 19.9. The largest absolute Gasteiger partial charge is 0.489 e. The lowest BCUT2D eigenvalue weighted by atomic mass is 9.85. The van der Waals surface area contributed by atoms with E-state index in [1.807, 2.05) is 13.0 Å². The van der Waals surface area contributed by atoms with Crippen LogP contribution in [0.4, 0.5) is 0 Å². The van der Waals surface area contributed by atoms with Crippen LogP contribution in [0, 0.1) is 13.8 Å². The third-order valence-electron chi connectivity index (χ3n) is 5.89. The smallest absolute Gasteiger partial charge is 0.360 e. The van der Waals surface area contributed by atoms with Gasteiger partial charge in [-0.3, -0.25) is 0 Å². The summed E-state index contributed by atoms with van der Waals surface area (Å²) in [4.78, 5) is 17.2. The van der Waals surface area contributed by atoms with Crippen LogP contribution in [0.2, 0.25) is 0 Å². The molecule has 1 aliphatic rings. The van der Waals surface area contributed by atoms with Crippen molar-refractivity contribution >= 4 is 11.7 Å². The van der Waals surface area contributed by atoms with E-state index in [0.717, 1.165) is 41.9 Å². The van der Waals surface area contributed by atoms with Crippen molar-refractivity contribution in [3.63, 3.8) is 0 Å². The van der Waals surface area contributed by atoms with Gasteiger partial charge in [0, 0.05) is 6.61 Å². The maximum atomic E-state index is 12.3. The number of carbonyl (C=O) groups excluding carboxylic acids is 1. The Labute approximate surface area is 185 Å². The Morgan fingerprint density at radius 2 is 1.74 bits per heavy atom. The first kappa shape index (κ1) is 24.7. The molecule has 0 heterocycles. The van der Waals surface area contributed by atoms with Crippen molar-refractivity contribution < 1.29 is 23.8 Å². The van der Waals surface area contributed by atoms with Gasteiger partial charge in [0.15, 0.2) is 5.71 Å². The lowest BCUT2D eigenvalue weighted by molar-refractivity contribution is -0.132. The van der Waals surface area contributed by atoms with Gasteiger partial charge in [0.25, 0.3) is 0 Å². The molecule has 0 amide bonds. The van der Waals surface area contributed by atoms with E-state index in [2.05, 4.69) is 38.9 Å². The summed E-state index contributed by atoms with van der Waals surface area (Å²) in [6, 6.07) is 4.12. The van der Waals surface area contributed by atoms with Gasteiger partial charge in [-0.2, -0.15) is 0 Å². The van der Waals surface area contributed by atoms with E-state index in [1.54, 1.807) is 0 Å². The van der Waals surface area contributed by atoms with Gasteiger partial charge >= 0.3 is 5.97 Å². The molecule has 2 rings (SSSR count). The Morgan fingerprint density at radius 1 is 1.03 bits per heavy atom. The Bertz CT molecular complexity index is 895. The normalized spacial score (nSPS) is 14.7. The molecule has 1 aromatic rings. The number of methoxy groups -OCH3 is 1. The third-order valence-corrected chi connectivity index (χ3v) is 5.89. The molecule has 0 atom stereocenters. The maximum Gasteiger partial charge on any atom is 0.360 e. The highest BCUT2D eigenvalue weighted by molar-refractivity contribution is 6.43. The molecule has 0 aliphatic heterocycles. The summed E-state index contributed by atoms with van der Waals surface area (Å²) in [5, 5.41) is 3.96. The predicted molar refractivity (Wildman–Crippen MR) is 123 cm³/mol. The minimum Gasteiger partial charge on any atom is -0.489 e. The SMILES string of the molecule is CCOCCc1ccc(OCC2=C(C(=NOC)C(=O)OC)CC(C)=C(C)C2)c(C)c1C. The first-order chi connectivity index (χ1) is 14.8. The van der Waals surface area contributed by atoms with Crippen LogP contribution in [0.1, 0.15) is 50.3 Å². The molecular formula is C25H35NO5. The van der Waals surface area contributed by atoms with Gasteiger partial charge in [0.1, 0.15) is 19.5 Å². The fraction of sp³-hybridized carbons (Fsp3) is 0.520. The molecule has 170 valence electrons. The zero-order valence-corrected chi connectivity index (χ0v) is 19.9. The van der Waals surface area contributed by atoms with Crippen molar-refractivity contribution in [1.82, 2.24) is 0 Å². The topological polar surface area (TPSA) is 66.3 Å². The molecule has 0 saturated carbocycles. The molecule has 0 aromatic heterocycles. The first-order valence-electron chi connectivity index (χ1n) is 10.7. The molecule has 0 unspecified atom stereocenters. The third kappa shape index (κ3) is 6.20. The number of esters is 1. The fourth-order valence-electron chi connectivity index (χ4n) is 3.68. The van der Waals surface area contributed by atoms with Crippen molar-refractivity contribution in [2.75, 3.05) is 34.0 Å². The van der Waals surface area contributed by atoms with Crippen LogP contribution < -0.4 is 4.74 Å². The molecule has 0 fully saturated rings. The highest BCUT2D eigenvalue weighted by atomic mass is 16.6. The molecule has 0 saturated heterocycles. The number of nitrogens with zero attached hydrogens (tertiary/aromatic N) is 1. The average Bonchev–Trinajstić information content (AvgIpc) is 2.76. The number of ether oxygens (including phenoxy) is 3. The molecule has 0 radical (unpaired) electrons. The van der Waals surface area contributed by atoms with Crippen LogP contribution in [-0.4, -0.2) is 45.7 Å². The van der Waals surface area contributed by atoms with Crippen LogP contribution in [0.15, 0.2) is 39.6 Å². The van der Waals surface area contributed by atoms with E-state index in [1.165, 1.54) is 36.5 Å². The van der Waals surface area contributed by atoms with Crippen molar-refractivity contribution in [3.8, 4) is 5.75 Å². The Kier molecular flexibility index (Phi) is 9.31. The van der Waals surface area contributed by atoms with Gasteiger partial charge in [-0.25, -0.2) is 4.79 Å². The highest BCUT2D eigenvalue weighted by Crippen LogP contribution is 2.32. The number of hydrogen-bond donors (Lipinski definition) is 0. The lowest BCUT2D eigenvalue weighted by Crippen LogP contribution is -2.24. The summed E-state index contributed by atoms with van der Waals surface area (Å²) in [5.74, 6) is 0.337. The van der Waals surface area contributed by atoms with Crippen molar-refractivity contribution in [2.45, 2.75) is 53.9 Å². The van der Waals surface area contributed by atoms with Crippen molar-refractivity contribution in [3.05, 3.63) is 51.1 Å². The van der Waals surface area contributed by atoms with Gasteiger partial charge in [-0.1, -0.05) is 22.4 Å². The lowest BCUT2D eigenvalue weighted by Gasteiger charge is -2.24. The molecular weight excluding hydrogens is 394 g/mol. The second-order valence-corrected chi connectivity index (χ2v) is 7.82. The summed E-state index contributed by atoms with van der Waals surface area (Å²) in [6.07, 6.45) is 2.23. The number of carbonyl (C=O) groups is 1. The average molecular weight is 430 g/mol. The van der Waals surface area contributed by atoms with Gasteiger partial charge < -0.3 is 19.0 Å². The molecule has 0 spiro atoms. The number of benzene rings is 1. The summed E-state index contributed by atoms with van der Waals surface area (Å²) in [5.41, 5.74) is 8.15. The number of rotatable bonds is 10. The Hall–Kier alpha value is -2.60. The highest BCUT2D eigenvalue weighted by Gasteiger charge is 2.26. The number of hydrogen-bond acceptors (Lipinski definition) is 6. The van der Waals surface area contributed by atoms with Crippen LogP contribution in [-0.2, 0) is 25.5 Å². The predicted octanol–water partition coefficient (Wildman–Crippen LogP) is 4.86. The van der Waals surface area contributed by atoms with E-state index >= 15 is 0 Å². The van der Waals surface area contributed by atoms with Crippen LogP contribution in [0.3, 0.4) is 0 Å². The summed E-state index contributed by atoms with van der Waals surface area (Å²) >= 11 is 0. The number of allylic oxidation sites excluding steroid dienone is 2. The summed E-state index contributed by atoms with van der Waals surface area (Å²) in [6.45, 7) is 12.2. The van der Waals surface area contributed by atoms with Crippen molar-refractivity contribution in [2.24, 2.45) is 5.16 Å². The monoisotopic (exact) mass is 429 g/mol. The molecule has 0 bridgehead atoms. The maximum absolute atomic E-state index is 12.3. The molecule has 1 aromatic carbocycles. The Morgan fingerprint density at radius 3 is 2.39 bits per heavy atom. The van der Waals surface area contributed by atoms with Gasteiger partial charge in [0.05, 0.1) is 13.7 Å². The number of oxime groups is 1. The van der Waals surface area contributed by atoms with E-state index in [9.17, 15) is 4.79 Å². The molecule has 1 aliphatic carbocycles. The van der Waals surface area contributed by atoms with Crippen molar-refractivity contribution in [1.29, 1.82) is 0 Å². The minimum absolute atomic E-state index is 0.203. The second-order valence-electron chi connectivity index (χ2n) is 7.82. The quantitative estimate of drug-likeness (QED) is 0.175.